The number of benzene rings is 9. The van der Waals surface area contributed by atoms with Gasteiger partial charge in [0.1, 0.15) is 11.2 Å². The van der Waals surface area contributed by atoms with Crippen LogP contribution in [-0.2, 0) is 0 Å². The first kappa shape index (κ1) is 22.2. The molecule has 0 bridgehead atoms. The Morgan fingerprint density at radius 1 is 0.347 bits per heavy atom. The molecular weight excluding hydrogens is 593 g/mol. The highest BCUT2D eigenvalue weighted by Crippen LogP contribution is 2.48. The van der Waals surface area contributed by atoms with Crippen molar-refractivity contribution >= 4 is 54.3 Å². The van der Waals surface area contributed by atoms with Crippen molar-refractivity contribution in [1.29, 1.82) is 0 Å². The molecule has 49 heavy (non-hydrogen) atoms. The van der Waals surface area contributed by atoms with Crippen molar-refractivity contribution in [2.75, 3.05) is 0 Å². The Morgan fingerprint density at radius 2 is 0.857 bits per heavy atom. The van der Waals surface area contributed by atoms with Gasteiger partial charge < -0.3 is 4.42 Å². The van der Waals surface area contributed by atoms with E-state index in [1.165, 1.54) is 0 Å². The first-order valence-corrected chi connectivity index (χ1v) is 16.4. The van der Waals surface area contributed by atoms with Gasteiger partial charge >= 0.3 is 0 Å². The third-order valence-electron chi connectivity index (χ3n) is 9.59. The molecular formula is C48H30O. The largest absolute Gasteiger partial charge is 0.456 e. The lowest BCUT2D eigenvalue weighted by Gasteiger charge is -2.20. The SMILES string of the molecule is [2H]c1c(-c2ccccc2)c([2H])c2c(oc3c([2H])c([2H])c([2H])c(-c4c5ccccc5c(-c5ccc(-c6ccccc6)c6ccccc56)c5ccccc45)c32)c1[2H]. The van der Waals surface area contributed by atoms with E-state index < -0.39 is 0 Å². The Hall–Kier alpha value is -6.44. The molecule has 0 spiro atoms. The van der Waals surface area contributed by atoms with E-state index in [0.29, 0.717) is 22.1 Å². The summed E-state index contributed by atoms with van der Waals surface area (Å²) in [6.07, 6.45) is 0. The number of fused-ring (bicyclic) bond motifs is 6. The zero-order chi connectivity index (χ0) is 37.5. The maximum absolute atomic E-state index is 9.56. The van der Waals surface area contributed by atoms with Gasteiger partial charge in [-0.15, -0.1) is 0 Å². The van der Waals surface area contributed by atoms with Crippen LogP contribution in [-0.4, -0.2) is 0 Å². The number of hydrogen-bond acceptors (Lipinski definition) is 1. The summed E-state index contributed by atoms with van der Waals surface area (Å²) in [5, 5.41) is 6.39. The second-order valence-electron chi connectivity index (χ2n) is 12.3. The summed E-state index contributed by atoms with van der Waals surface area (Å²) in [6, 6.07) is 47.4. The van der Waals surface area contributed by atoms with Gasteiger partial charge in [0.25, 0.3) is 0 Å². The Bertz CT molecular complexity index is 3150. The van der Waals surface area contributed by atoms with Gasteiger partial charge in [-0.2, -0.15) is 0 Å². The van der Waals surface area contributed by atoms with Gasteiger partial charge in [0.05, 0.1) is 8.22 Å². The van der Waals surface area contributed by atoms with Crippen LogP contribution in [0.2, 0.25) is 0 Å². The number of furan rings is 1. The van der Waals surface area contributed by atoms with Crippen molar-refractivity contribution in [2.45, 2.75) is 0 Å². The van der Waals surface area contributed by atoms with E-state index in [2.05, 4.69) is 72.8 Å². The van der Waals surface area contributed by atoms with E-state index in [4.69, 9.17) is 9.90 Å². The normalized spacial score (nSPS) is 13.4. The molecule has 10 rings (SSSR count). The summed E-state index contributed by atoms with van der Waals surface area (Å²) in [5.74, 6) is 0. The minimum absolute atomic E-state index is 0.000335. The van der Waals surface area contributed by atoms with Crippen LogP contribution < -0.4 is 0 Å². The van der Waals surface area contributed by atoms with Crippen LogP contribution in [0.4, 0.5) is 0 Å². The smallest absolute Gasteiger partial charge is 0.136 e. The molecule has 10 aromatic rings. The standard InChI is InChI=1S/C48H30O/c1-3-14-31(15-4-1)33-26-29-44-43(30-33)48-42(24-13-25-45(48)49-44)47-39-22-11-9-20-37(39)46(38-21-10-12-23-40(38)47)41-28-27-34(32-16-5-2-6-17-32)35-18-7-8-19-36(35)41/h1-30H/i13D,24D,25D,26D,29D,30D. The zero-order valence-corrected chi connectivity index (χ0v) is 26.3. The first-order chi connectivity index (χ1) is 26.8. The molecule has 0 unspecified atom stereocenters. The molecule has 9 aromatic carbocycles. The van der Waals surface area contributed by atoms with Gasteiger partial charge in [-0.25, -0.2) is 0 Å². The predicted molar refractivity (Wildman–Crippen MR) is 208 cm³/mol. The fourth-order valence-electron chi connectivity index (χ4n) is 7.46. The molecule has 0 N–H and O–H groups in total. The van der Waals surface area contributed by atoms with Crippen molar-refractivity contribution in [3.05, 3.63) is 182 Å². The van der Waals surface area contributed by atoms with E-state index in [1.54, 1.807) is 0 Å². The molecule has 1 nitrogen and oxygen atoms in total. The summed E-state index contributed by atoms with van der Waals surface area (Å²) >= 11 is 0. The van der Waals surface area contributed by atoms with E-state index in [0.717, 1.165) is 54.6 Å². The Balaban J connectivity index is 1.37. The molecule has 0 saturated carbocycles. The summed E-state index contributed by atoms with van der Waals surface area (Å²) in [4.78, 5) is 0. The molecule has 1 aromatic heterocycles. The second kappa shape index (κ2) is 11.1. The van der Waals surface area contributed by atoms with Gasteiger partial charge in [0, 0.05) is 10.8 Å². The third kappa shape index (κ3) is 4.33. The molecule has 0 atom stereocenters. The molecule has 0 aliphatic heterocycles. The number of rotatable bonds is 4. The topological polar surface area (TPSA) is 13.1 Å². The lowest BCUT2D eigenvalue weighted by molar-refractivity contribution is 0.669. The monoisotopic (exact) mass is 628 g/mol. The van der Waals surface area contributed by atoms with Gasteiger partial charge in [-0.05, 0) is 95.0 Å². The first-order valence-electron chi connectivity index (χ1n) is 19.4. The van der Waals surface area contributed by atoms with Crippen molar-refractivity contribution < 1.29 is 12.6 Å². The summed E-state index contributed by atoms with van der Waals surface area (Å²) in [6.45, 7) is 0. The van der Waals surface area contributed by atoms with Crippen LogP contribution in [0.3, 0.4) is 0 Å². The third-order valence-corrected chi connectivity index (χ3v) is 9.59. The molecule has 0 radical (unpaired) electrons. The highest BCUT2D eigenvalue weighted by molar-refractivity contribution is 6.27. The Morgan fingerprint density at radius 3 is 1.49 bits per heavy atom. The highest BCUT2D eigenvalue weighted by atomic mass is 16.3. The number of hydrogen-bond donors (Lipinski definition) is 0. The van der Waals surface area contributed by atoms with Crippen molar-refractivity contribution in [3.63, 3.8) is 0 Å². The zero-order valence-electron chi connectivity index (χ0n) is 32.3. The lowest BCUT2D eigenvalue weighted by atomic mass is 9.83. The second-order valence-corrected chi connectivity index (χ2v) is 12.3. The van der Waals surface area contributed by atoms with Crippen LogP contribution in [0, 0.1) is 0 Å². The van der Waals surface area contributed by atoms with Gasteiger partial charge in [0.2, 0.25) is 0 Å². The fraction of sp³-hybridized carbons (Fsp3) is 0. The van der Waals surface area contributed by atoms with Crippen LogP contribution in [0.5, 0.6) is 0 Å². The van der Waals surface area contributed by atoms with Crippen LogP contribution in [0.15, 0.2) is 186 Å². The highest BCUT2D eigenvalue weighted by Gasteiger charge is 2.21. The fourth-order valence-corrected chi connectivity index (χ4v) is 7.46. The Kier molecular flexibility index (Phi) is 5.02. The van der Waals surface area contributed by atoms with E-state index >= 15 is 0 Å². The van der Waals surface area contributed by atoms with Crippen LogP contribution >= 0.6 is 0 Å². The quantitative estimate of drug-likeness (QED) is 0.177. The van der Waals surface area contributed by atoms with Gasteiger partial charge in [-0.1, -0.05) is 164 Å². The van der Waals surface area contributed by atoms with Crippen molar-refractivity contribution in [3.8, 4) is 44.5 Å². The minimum Gasteiger partial charge on any atom is -0.456 e. The lowest BCUT2D eigenvalue weighted by Crippen LogP contribution is -1.92. The average Bonchev–Trinajstić information content (AvgIpc) is 3.63. The summed E-state index contributed by atoms with van der Waals surface area (Å²) < 4.78 is 61.4. The van der Waals surface area contributed by atoms with E-state index in [1.807, 2.05) is 72.8 Å². The minimum atomic E-state index is -0.311. The molecule has 1 heteroatoms. The maximum Gasteiger partial charge on any atom is 0.136 e. The Labute approximate surface area is 292 Å². The molecule has 0 aliphatic rings. The van der Waals surface area contributed by atoms with Gasteiger partial charge in [0.15, 0.2) is 0 Å². The molecule has 228 valence electrons. The van der Waals surface area contributed by atoms with Crippen LogP contribution in [0.25, 0.3) is 98.8 Å². The van der Waals surface area contributed by atoms with Crippen molar-refractivity contribution in [2.24, 2.45) is 0 Å². The molecule has 0 saturated heterocycles. The maximum atomic E-state index is 9.56. The summed E-state index contributed by atoms with van der Waals surface area (Å²) in [7, 11) is 0. The predicted octanol–water partition coefficient (Wildman–Crippen LogP) is 13.7. The molecule has 0 aliphatic carbocycles. The van der Waals surface area contributed by atoms with Gasteiger partial charge in [-0.3, -0.25) is 0 Å². The van der Waals surface area contributed by atoms with Crippen molar-refractivity contribution in [1.82, 2.24) is 0 Å². The molecule has 1 heterocycles. The molecule has 0 amide bonds. The average molecular weight is 629 g/mol. The molecule has 0 fully saturated rings. The van der Waals surface area contributed by atoms with E-state index in [-0.39, 0.29) is 58.4 Å². The van der Waals surface area contributed by atoms with Crippen LogP contribution in [0.1, 0.15) is 8.22 Å². The van der Waals surface area contributed by atoms with E-state index in [9.17, 15) is 2.74 Å². The summed E-state index contributed by atoms with van der Waals surface area (Å²) in [5.41, 5.74) is 6.34.